The van der Waals surface area contributed by atoms with Gasteiger partial charge in [0.15, 0.2) is 0 Å². The van der Waals surface area contributed by atoms with Crippen LogP contribution in [0.2, 0.25) is 5.02 Å². The van der Waals surface area contributed by atoms with Crippen molar-refractivity contribution < 1.29 is 14.6 Å². The molecule has 1 fully saturated rings. The van der Waals surface area contributed by atoms with E-state index in [-0.39, 0.29) is 18.8 Å². The zero-order valence-electron chi connectivity index (χ0n) is 20.8. The first-order valence-corrected chi connectivity index (χ1v) is 12.5. The van der Waals surface area contributed by atoms with Crippen LogP contribution in [0.3, 0.4) is 0 Å². The average molecular weight is 507 g/mol. The summed E-state index contributed by atoms with van der Waals surface area (Å²) < 4.78 is 13.5. The second-order valence-corrected chi connectivity index (χ2v) is 9.95. The number of benzene rings is 2. The minimum atomic E-state index is -0.0535. The van der Waals surface area contributed by atoms with Crippen LogP contribution >= 0.6 is 11.6 Å². The first-order valence-electron chi connectivity index (χ1n) is 12.2. The van der Waals surface area contributed by atoms with Gasteiger partial charge in [-0.25, -0.2) is 9.50 Å². The molecule has 0 amide bonds. The first kappa shape index (κ1) is 24.7. The molecule has 0 bridgehead atoms. The Morgan fingerprint density at radius 3 is 2.69 bits per heavy atom. The summed E-state index contributed by atoms with van der Waals surface area (Å²) in [6.45, 7) is 6.74. The summed E-state index contributed by atoms with van der Waals surface area (Å²) in [7, 11) is 1.69. The fourth-order valence-electron chi connectivity index (χ4n) is 5.13. The second kappa shape index (κ2) is 10.6. The Hall–Kier alpha value is -2.97. The maximum atomic E-state index is 9.63. The molecule has 0 radical (unpaired) electrons. The summed E-state index contributed by atoms with van der Waals surface area (Å²) >= 11 is 6.52. The van der Waals surface area contributed by atoms with Crippen LogP contribution in [0.1, 0.15) is 29.2 Å². The van der Waals surface area contributed by atoms with Crippen molar-refractivity contribution in [3.05, 3.63) is 82.3 Å². The number of rotatable bonds is 7. The van der Waals surface area contributed by atoms with Crippen LogP contribution in [-0.4, -0.2) is 57.0 Å². The Bertz CT molecular complexity index is 1360. The zero-order chi connectivity index (χ0) is 25.2. The van der Waals surface area contributed by atoms with Gasteiger partial charge in [-0.15, -0.1) is 0 Å². The van der Waals surface area contributed by atoms with Crippen molar-refractivity contribution in [3.63, 3.8) is 0 Å². The Labute approximate surface area is 216 Å². The van der Waals surface area contributed by atoms with Crippen LogP contribution < -0.4 is 4.74 Å². The van der Waals surface area contributed by atoms with E-state index in [2.05, 4.69) is 41.0 Å². The molecule has 2 aromatic heterocycles. The smallest absolute Gasteiger partial charge is 0.137 e. The molecule has 1 N–H and O–H groups in total. The molecule has 0 aliphatic carbocycles. The van der Waals surface area contributed by atoms with Gasteiger partial charge in [0.25, 0.3) is 0 Å². The van der Waals surface area contributed by atoms with E-state index in [0.717, 1.165) is 65.3 Å². The molecular formula is C28H31ClN4O3. The highest BCUT2D eigenvalue weighted by Crippen LogP contribution is 2.33. The molecule has 188 valence electrons. The third kappa shape index (κ3) is 5.25. The van der Waals surface area contributed by atoms with Gasteiger partial charge in [-0.05, 0) is 66.4 Å². The van der Waals surface area contributed by atoms with Crippen molar-refractivity contribution in [1.29, 1.82) is 0 Å². The van der Waals surface area contributed by atoms with Crippen LogP contribution in [0.15, 0.2) is 55.0 Å². The molecule has 2 atom stereocenters. The number of aliphatic hydroxyl groups is 1. The quantitative estimate of drug-likeness (QED) is 0.392. The predicted molar refractivity (Wildman–Crippen MR) is 140 cm³/mol. The van der Waals surface area contributed by atoms with Crippen LogP contribution in [0.5, 0.6) is 5.75 Å². The fourth-order valence-corrected chi connectivity index (χ4v) is 5.40. The third-order valence-corrected chi connectivity index (χ3v) is 6.96. The second-order valence-electron chi connectivity index (χ2n) is 9.51. The molecule has 1 saturated heterocycles. The molecule has 1 unspecified atom stereocenters. The van der Waals surface area contributed by atoms with Crippen LogP contribution in [0, 0.1) is 6.92 Å². The number of methoxy groups -OCH3 is 1. The van der Waals surface area contributed by atoms with Crippen LogP contribution in [0.4, 0.5) is 0 Å². The number of halogens is 1. The Morgan fingerprint density at radius 2 is 1.94 bits per heavy atom. The van der Waals surface area contributed by atoms with Crippen molar-refractivity contribution >= 4 is 17.1 Å². The Kier molecular flexibility index (Phi) is 7.25. The molecule has 8 heteroatoms. The normalized spacial score (nSPS) is 18.6. The molecule has 1 aliphatic rings. The lowest BCUT2D eigenvalue weighted by atomic mass is 9.93. The van der Waals surface area contributed by atoms with E-state index in [4.69, 9.17) is 21.1 Å². The van der Waals surface area contributed by atoms with E-state index < -0.39 is 0 Å². The van der Waals surface area contributed by atoms with Gasteiger partial charge in [0.2, 0.25) is 0 Å². The number of aromatic nitrogens is 3. The van der Waals surface area contributed by atoms with E-state index >= 15 is 0 Å². The number of hydrogen-bond acceptors (Lipinski definition) is 6. The van der Waals surface area contributed by atoms with Crippen molar-refractivity contribution in [2.45, 2.75) is 45.6 Å². The van der Waals surface area contributed by atoms with Crippen molar-refractivity contribution in [2.24, 2.45) is 0 Å². The minimum Gasteiger partial charge on any atom is -0.497 e. The van der Waals surface area contributed by atoms with E-state index in [1.165, 1.54) is 5.56 Å². The van der Waals surface area contributed by atoms with Gasteiger partial charge in [-0.3, -0.25) is 4.90 Å². The molecule has 4 aromatic rings. The number of aliphatic hydroxyl groups excluding tert-OH is 1. The van der Waals surface area contributed by atoms with Gasteiger partial charge >= 0.3 is 0 Å². The topological polar surface area (TPSA) is 72.1 Å². The lowest BCUT2D eigenvalue weighted by molar-refractivity contribution is -0.0784. The summed E-state index contributed by atoms with van der Waals surface area (Å²) in [5.41, 5.74) is 6.91. The Morgan fingerprint density at radius 1 is 1.14 bits per heavy atom. The molecule has 3 heterocycles. The van der Waals surface area contributed by atoms with E-state index in [1.807, 2.05) is 36.5 Å². The molecule has 7 nitrogen and oxygen atoms in total. The SMILES string of the molecule is COc1ccc(CN2CC(Cc3c(C)cc(Cl)cc3-c3ncnn4cc(CO)cc34)O[C@@H](C)C2)cc1. The van der Waals surface area contributed by atoms with Gasteiger partial charge in [-0.1, -0.05) is 23.7 Å². The van der Waals surface area contributed by atoms with Crippen LogP contribution in [0.25, 0.3) is 16.8 Å². The maximum absolute atomic E-state index is 9.63. The zero-order valence-corrected chi connectivity index (χ0v) is 21.6. The fraction of sp³-hybridized carbons (Fsp3) is 0.357. The molecule has 36 heavy (non-hydrogen) atoms. The van der Waals surface area contributed by atoms with Crippen molar-refractivity contribution in [2.75, 3.05) is 20.2 Å². The van der Waals surface area contributed by atoms with E-state index in [1.54, 1.807) is 18.0 Å². The number of nitrogens with zero attached hydrogens (tertiary/aromatic N) is 4. The van der Waals surface area contributed by atoms with Gasteiger partial charge < -0.3 is 14.6 Å². The molecule has 5 rings (SSSR count). The lowest BCUT2D eigenvalue weighted by Crippen LogP contribution is -2.47. The van der Waals surface area contributed by atoms with Gasteiger partial charge in [-0.2, -0.15) is 5.10 Å². The van der Waals surface area contributed by atoms with E-state index in [9.17, 15) is 5.11 Å². The molecule has 2 aromatic carbocycles. The summed E-state index contributed by atoms with van der Waals surface area (Å²) in [6.07, 6.45) is 4.26. The lowest BCUT2D eigenvalue weighted by Gasteiger charge is -2.37. The van der Waals surface area contributed by atoms with Crippen molar-refractivity contribution in [1.82, 2.24) is 19.5 Å². The minimum absolute atomic E-state index is 0.0308. The largest absolute Gasteiger partial charge is 0.497 e. The number of hydrogen-bond donors (Lipinski definition) is 1. The van der Waals surface area contributed by atoms with Gasteiger partial charge in [0, 0.05) is 42.8 Å². The number of ether oxygens (including phenoxy) is 2. The standard InChI is InChI=1S/C28H31ClN4O3/c1-18-8-22(29)10-26(28-27-9-21(16-34)14-33(27)31-17-30-28)25(18)11-24-15-32(12-19(2)36-24)13-20-4-6-23(35-3)7-5-20/h4-10,14,17,19,24,34H,11-13,15-16H2,1-3H3/t19-,24?/m0/s1. The maximum Gasteiger partial charge on any atom is 0.137 e. The number of aryl methyl sites for hydroxylation is 1. The summed E-state index contributed by atoms with van der Waals surface area (Å²) in [5.74, 6) is 0.866. The highest BCUT2D eigenvalue weighted by molar-refractivity contribution is 6.31. The van der Waals surface area contributed by atoms with Gasteiger partial charge in [0.1, 0.15) is 12.1 Å². The summed E-state index contributed by atoms with van der Waals surface area (Å²) in [5, 5.41) is 14.6. The third-order valence-electron chi connectivity index (χ3n) is 6.74. The molecular weight excluding hydrogens is 476 g/mol. The van der Waals surface area contributed by atoms with Crippen molar-refractivity contribution in [3.8, 4) is 17.0 Å². The number of morpholine rings is 1. The summed E-state index contributed by atoms with van der Waals surface area (Å²) in [6, 6.07) is 14.1. The van der Waals surface area contributed by atoms with Gasteiger partial charge in [0.05, 0.1) is 37.1 Å². The predicted octanol–water partition coefficient (Wildman–Crippen LogP) is 4.69. The highest BCUT2D eigenvalue weighted by atomic mass is 35.5. The van der Waals surface area contributed by atoms with E-state index in [0.29, 0.717) is 5.02 Å². The molecule has 0 spiro atoms. The highest BCUT2D eigenvalue weighted by Gasteiger charge is 2.27. The average Bonchev–Trinajstić information content (AvgIpc) is 3.29. The van der Waals surface area contributed by atoms with Crippen LogP contribution in [-0.2, 0) is 24.3 Å². The monoisotopic (exact) mass is 506 g/mol. The molecule has 0 saturated carbocycles. The summed E-state index contributed by atoms with van der Waals surface area (Å²) in [4.78, 5) is 7.08. The molecule has 1 aliphatic heterocycles. The Balaban J connectivity index is 1.43. The first-order chi connectivity index (χ1) is 17.4. The number of fused-ring (bicyclic) bond motifs is 1.